The van der Waals surface area contributed by atoms with Crippen LogP contribution in [0.3, 0.4) is 0 Å². The van der Waals surface area contributed by atoms with Crippen LogP contribution >= 0.6 is 0 Å². The quantitative estimate of drug-likeness (QED) is 0.0808. The van der Waals surface area contributed by atoms with Gasteiger partial charge in [-0.25, -0.2) is 0 Å². The summed E-state index contributed by atoms with van der Waals surface area (Å²) < 4.78 is 19.0. The first-order chi connectivity index (χ1) is 32.3. The maximum atomic E-state index is 15.7. The van der Waals surface area contributed by atoms with Crippen LogP contribution in [-0.2, 0) is 39.4 Å². The summed E-state index contributed by atoms with van der Waals surface area (Å²) in [6.45, 7) is 6.57. The van der Waals surface area contributed by atoms with Crippen molar-refractivity contribution in [3.63, 3.8) is 0 Å². The van der Waals surface area contributed by atoms with Gasteiger partial charge in [-0.15, -0.1) is 0 Å². The Labute approximate surface area is 389 Å². The van der Waals surface area contributed by atoms with Crippen LogP contribution in [0.2, 0.25) is 18.6 Å². The number of ether oxygens (including phenoxy) is 3. The summed E-state index contributed by atoms with van der Waals surface area (Å²) in [4.78, 5) is 61.9. The second-order valence-electron chi connectivity index (χ2n) is 18.4. The van der Waals surface area contributed by atoms with Crippen molar-refractivity contribution >= 4 is 53.7 Å². The van der Waals surface area contributed by atoms with E-state index in [0.717, 1.165) is 16.3 Å². The number of carbonyl (C=O) groups is 3. The van der Waals surface area contributed by atoms with Crippen LogP contribution in [0.25, 0.3) is 0 Å². The molecule has 3 amide bonds. The van der Waals surface area contributed by atoms with Gasteiger partial charge in [0.05, 0.1) is 68.8 Å². The molecule has 10 rings (SSSR count). The lowest BCUT2D eigenvalue weighted by Crippen LogP contribution is -2.52. The monoisotopic (exact) mass is 914 g/mol. The van der Waals surface area contributed by atoms with Crippen molar-refractivity contribution in [2.75, 3.05) is 23.5 Å². The number of nitrogens with zero attached hydrogens (tertiary/aromatic N) is 4. The SMILES string of the molecule is COc1ccc([Si](C)(C)[C@@H]2[C@@H](CC(=O)N3Cc4ccccc4C[C@H]3CO)O[C@]3(C(=O)N(Cc4cccc(N5C(=O)c6ccccc6Oc6ccccc65)c4)c4ccc([N+](=O)[O-])cc43)[C@H]2C)cc1. The molecule has 4 aliphatic rings. The van der Waals surface area contributed by atoms with Gasteiger partial charge >= 0.3 is 0 Å². The van der Waals surface area contributed by atoms with E-state index in [4.69, 9.17) is 14.2 Å². The van der Waals surface area contributed by atoms with E-state index >= 15 is 4.79 Å². The number of rotatable bonds is 10. The zero-order valence-electron chi connectivity index (χ0n) is 37.6. The highest BCUT2D eigenvalue weighted by atomic mass is 28.3. The molecule has 1 fully saturated rings. The smallest absolute Gasteiger partial charge is 0.269 e. The topological polar surface area (TPSA) is 152 Å². The summed E-state index contributed by atoms with van der Waals surface area (Å²) in [6, 6.07) is 41.7. The van der Waals surface area contributed by atoms with Crippen LogP contribution in [-0.4, -0.2) is 66.6 Å². The number of hydrogen-bond donors (Lipinski definition) is 1. The van der Waals surface area contributed by atoms with Gasteiger partial charge in [-0.05, 0) is 83.2 Å². The standard InChI is InChI=1S/C53H50N4O9Si/c1-33-50(67(3,4)41-23-21-40(64-2)22-24-41)48(29-49(59)54-31-36-14-6-5-13-35(36)27-39(54)32-58)66-53(33)43-28-38(57(62)63)20-25-44(43)55(52(53)61)30-34-12-11-15-37(26-34)56-45-17-8-10-19-47(45)65-46-18-9-7-16-42(46)51(56)60/h5-26,28,33,39,48,50,58H,27,29-32H2,1-4H3/t33-,39-,48+,50-,53+/m0/s1. The number of benzene rings is 6. The highest BCUT2D eigenvalue weighted by Crippen LogP contribution is 2.61. The Morgan fingerprint density at radius 2 is 1.58 bits per heavy atom. The van der Waals surface area contributed by atoms with Crippen molar-refractivity contribution in [1.29, 1.82) is 0 Å². The lowest BCUT2D eigenvalue weighted by molar-refractivity contribution is -0.385. The van der Waals surface area contributed by atoms with Crippen molar-refractivity contribution in [3.8, 4) is 17.2 Å². The van der Waals surface area contributed by atoms with E-state index in [1.165, 1.54) is 12.1 Å². The number of nitro benzene ring substituents is 1. The largest absolute Gasteiger partial charge is 0.497 e. The maximum absolute atomic E-state index is 15.7. The molecule has 0 saturated carbocycles. The lowest BCUT2D eigenvalue weighted by atomic mass is 9.82. The molecule has 1 saturated heterocycles. The van der Waals surface area contributed by atoms with E-state index in [1.54, 1.807) is 46.1 Å². The van der Waals surface area contributed by atoms with Crippen molar-refractivity contribution in [3.05, 3.63) is 177 Å². The summed E-state index contributed by atoms with van der Waals surface area (Å²) >= 11 is 0. The van der Waals surface area contributed by atoms with Crippen LogP contribution in [0.1, 0.15) is 46.0 Å². The average Bonchev–Trinajstić information content (AvgIpc) is 3.71. The van der Waals surface area contributed by atoms with E-state index < -0.39 is 36.7 Å². The normalized spacial score (nSPS) is 21.8. The van der Waals surface area contributed by atoms with Gasteiger partial charge in [-0.1, -0.05) is 98.0 Å². The molecular formula is C53H50N4O9Si. The van der Waals surface area contributed by atoms with Gasteiger partial charge in [0.15, 0.2) is 11.4 Å². The van der Waals surface area contributed by atoms with Gasteiger partial charge in [0, 0.05) is 35.8 Å². The fraction of sp³-hybridized carbons (Fsp3) is 0.264. The van der Waals surface area contributed by atoms with Gasteiger partial charge in [0.25, 0.3) is 17.5 Å². The first-order valence-electron chi connectivity index (χ1n) is 22.5. The van der Waals surface area contributed by atoms with Crippen LogP contribution < -0.4 is 24.5 Å². The Morgan fingerprint density at radius 1 is 0.866 bits per heavy atom. The highest BCUT2D eigenvalue weighted by molar-refractivity contribution is 6.91. The predicted molar refractivity (Wildman–Crippen MR) is 256 cm³/mol. The van der Waals surface area contributed by atoms with E-state index in [0.29, 0.717) is 64.0 Å². The Morgan fingerprint density at radius 3 is 2.33 bits per heavy atom. The molecule has 1 spiro atoms. The zero-order valence-corrected chi connectivity index (χ0v) is 38.6. The van der Waals surface area contributed by atoms with E-state index in [2.05, 4.69) is 13.1 Å². The van der Waals surface area contributed by atoms with Crippen molar-refractivity contribution in [1.82, 2.24) is 4.90 Å². The van der Waals surface area contributed by atoms with Gasteiger partial charge in [-0.3, -0.25) is 29.4 Å². The number of fused-ring (bicyclic) bond motifs is 5. The number of nitro groups is 1. The second kappa shape index (κ2) is 16.9. The fourth-order valence-electron chi connectivity index (χ4n) is 11.1. The van der Waals surface area contributed by atoms with E-state index in [1.807, 2.05) is 110 Å². The van der Waals surface area contributed by atoms with Gasteiger partial charge in [-0.2, -0.15) is 0 Å². The molecule has 6 aromatic rings. The molecule has 0 radical (unpaired) electrons. The molecular weight excluding hydrogens is 865 g/mol. The molecule has 0 aliphatic carbocycles. The van der Waals surface area contributed by atoms with Gasteiger partial charge < -0.3 is 29.1 Å². The van der Waals surface area contributed by atoms with Crippen LogP contribution in [0.5, 0.6) is 17.2 Å². The molecule has 4 aliphatic heterocycles. The molecule has 340 valence electrons. The number of carbonyl (C=O) groups excluding carboxylic acids is 3. The molecule has 5 atom stereocenters. The molecule has 0 unspecified atom stereocenters. The summed E-state index contributed by atoms with van der Waals surface area (Å²) in [5.41, 5.74) is 2.91. The molecule has 1 N–H and O–H groups in total. The molecule has 14 heteroatoms. The first-order valence-corrected chi connectivity index (χ1v) is 25.6. The fourth-order valence-corrected chi connectivity index (χ4v) is 15.2. The van der Waals surface area contributed by atoms with Gasteiger partial charge in [0.1, 0.15) is 11.5 Å². The number of para-hydroxylation sites is 3. The Hall–Kier alpha value is -7.13. The number of anilines is 3. The minimum Gasteiger partial charge on any atom is -0.497 e. The Balaban J connectivity index is 1.05. The van der Waals surface area contributed by atoms with Gasteiger partial charge in [0.2, 0.25) is 5.91 Å². The summed E-state index contributed by atoms with van der Waals surface area (Å²) in [7, 11) is -1.12. The number of amides is 3. The first kappa shape index (κ1) is 43.7. The van der Waals surface area contributed by atoms with E-state index in [9.17, 15) is 24.8 Å². The summed E-state index contributed by atoms with van der Waals surface area (Å²) in [6.07, 6.45) is -0.341. The summed E-state index contributed by atoms with van der Waals surface area (Å²) in [5, 5.41) is 24.1. The maximum Gasteiger partial charge on any atom is 0.269 e. The molecule has 0 bridgehead atoms. The van der Waals surface area contributed by atoms with Crippen LogP contribution in [0, 0.1) is 16.0 Å². The number of aliphatic hydroxyl groups excluding tert-OH is 1. The average molecular weight is 915 g/mol. The third kappa shape index (κ3) is 7.27. The van der Waals surface area contributed by atoms with Crippen molar-refractivity contribution < 1.29 is 38.6 Å². The summed E-state index contributed by atoms with van der Waals surface area (Å²) in [5.74, 6) is 0.208. The molecule has 4 heterocycles. The number of hydrogen-bond acceptors (Lipinski definition) is 9. The molecule has 6 aromatic carbocycles. The zero-order chi connectivity index (χ0) is 46.8. The second-order valence-corrected chi connectivity index (χ2v) is 23.1. The van der Waals surface area contributed by atoms with Crippen molar-refractivity contribution in [2.24, 2.45) is 5.92 Å². The van der Waals surface area contributed by atoms with Crippen molar-refractivity contribution in [2.45, 2.75) is 69.2 Å². The third-order valence-electron chi connectivity index (χ3n) is 14.4. The van der Waals surface area contributed by atoms with E-state index in [-0.39, 0.29) is 48.5 Å². The predicted octanol–water partition coefficient (Wildman–Crippen LogP) is 8.79. The lowest BCUT2D eigenvalue weighted by Gasteiger charge is -2.39. The minimum atomic E-state index is -2.73. The number of aliphatic hydroxyl groups is 1. The Kier molecular flexibility index (Phi) is 11.1. The highest BCUT2D eigenvalue weighted by Gasteiger charge is 2.67. The molecule has 0 aromatic heterocycles. The van der Waals surface area contributed by atoms with Crippen LogP contribution in [0.4, 0.5) is 22.7 Å². The minimum absolute atomic E-state index is 0.0466. The number of non-ortho nitro benzene ring substituents is 1. The molecule has 67 heavy (non-hydrogen) atoms. The third-order valence-corrected chi connectivity index (χ3v) is 18.8. The Bertz CT molecular complexity index is 2960. The van der Waals surface area contributed by atoms with Crippen LogP contribution in [0.15, 0.2) is 140 Å². The molecule has 13 nitrogen and oxygen atoms in total. The number of methoxy groups -OCH3 is 1.